The summed E-state index contributed by atoms with van der Waals surface area (Å²) in [5.41, 5.74) is 0. The van der Waals surface area contributed by atoms with Crippen LogP contribution in [0.15, 0.2) is 0 Å². The van der Waals surface area contributed by atoms with Crippen LogP contribution in [-0.4, -0.2) is 5.97 Å². The summed E-state index contributed by atoms with van der Waals surface area (Å²) >= 11 is 0. The van der Waals surface area contributed by atoms with Crippen molar-refractivity contribution >= 4 is 5.97 Å². The van der Waals surface area contributed by atoms with E-state index >= 15 is 0 Å². The number of carbonyl (C=O) groups excluding carboxylic acids is 1. The van der Waals surface area contributed by atoms with E-state index in [9.17, 15) is 9.90 Å². The molecule has 0 radical (unpaired) electrons. The number of unbranched alkanes of at least 4 members (excludes halogenated alkanes) is 8. The van der Waals surface area contributed by atoms with E-state index in [0.717, 1.165) is 12.8 Å². The van der Waals surface area contributed by atoms with Crippen molar-refractivity contribution in [1.29, 1.82) is 0 Å². The minimum atomic E-state index is -0.909. The maximum atomic E-state index is 10.1. The van der Waals surface area contributed by atoms with Gasteiger partial charge in [-0.25, -0.2) is 0 Å². The Hall–Kier alpha value is -0.0365. The normalized spacial score (nSPS) is 9.67. The molecule has 0 saturated carbocycles. The number of rotatable bonds is 10. The molecule has 0 aromatic carbocycles. The third-order valence-electron chi connectivity index (χ3n) is 2.48. The van der Waals surface area contributed by atoms with Crippen LogP contribution in [0.2, 0.25) is 0 Å². The average Bonchev–Trinajstić information content (AvgIpc) is 2.15. The summed E-state index contributed by atoms with van der Waals surface area (Å²) < 4.78 is 0. The van der Waals surface area contributed by atoms with Crippen molar-refractivity contribution in [2.45, 2.75) is 71.1 Å². The molecule has 0 amide bonds. The van der Waals surface area contributed by atoms with E-state index in [4.69, 9.17) is 0 Å². The molecule has 0 aliphatic rings. The summed E-state index contributed by atoms with van der Waals surface area (Å²) in [6, 6.07) is 0. The van der Waals surface area contributed by atoms with Gasteiger partial charge in [0.15, 0.2) is 0 Å². The Bertz CT molecular complexity index is 138. The number of carboxylic acids is 1. The summed E-state index contributed by atoms with van der Waals surface area (Å²) in [6.07, 6.45) is 11.2. The van der Waals surface area contributed by atoms with E-state index in [0.29, 0.717) is 0 Å². The van der Waals surface area contributed by atoms with Gasteiger partial charge in [-0.05, 0) is 12.8 Å². The molecule has 0 aromatic rings. The minimum Gasteiger partial charge on any atom is -0.550 e. The van der Waals surface area contributed by atoms with E-state index < -0.39 is 5.97 Å². The van der Waals surface area contributed by atoms with E-state index in [1.54, 1.807) is 0 Å². The fraction of sp³-hybridized carbons (Fsp3) is 0.917. The number of carbonyl (C=O) groups is 1. The second-order valence-electron chi connectivity index (χ2n) is 3.95. The molecule has 0 unspecified atom stereocenters. The maximum Gasteiger partial charge on any atom is 2.00 e. The molecule has 0 N–H and O–H groups in total. The summed E-state index contributed by atoms with van der Waals surface area (Å²) in [5, 5.41) is 10.1. The predicted octanol–water partition coefficient (Wildman–Crippen LogP) is 2.65. The summed E-state index contributed by atoms with van der Waals surface area (Å²) in [5.74, 6) is -0.909. The van der Waals surface area contributed by atoms with Crippen LogP contribution in [0.3, 0.4) is 0 Å². The zero-order valence-electron chi connectivity index (χ0n) is 9.70. The fourth-order valence-corrected chi connectivity index (χ4v) is 1.58. The Morgan fingerprint density at radius 2 is 1.27 bits per heavy atom. The Balaban J connectivity index is 0. The molecule has 0 rings (SSSR count). The SMILES string of the molecule is CCCCCCCCCCCC(=O)[O-].[Ni+2]. The van der Waals surface area contributed by atoms with Gasteiger partial charge in [-0.2, -0.15) is 0 Å². The second kappa shape index (κ2) is 14.0. The van der Waals surface area contributed by atoms with Crippen molar-refractivity contribution in [3.05, 3.63) is 0 Å². The van der Waals surface area contributed by atoms with Crippen LogP contribution in [0.4, 0.5) is 0 Å². The Morgan fingerprint density at radius 3 is 1.67 bits per heavy atom. The standard InChI is InChI=1S/C12H24O2.Ni/c1-2-3-4-5-6-7-8-9-10-11-12(13)14;/h2-11H2,1H3,(H,13,14);/q;+2/p-1. The van der Waals surface area contributed by atoms with Gasteiger partial charge in [0.2, 0.25) is 0 Å². The van der Waals surface area contributed by atoms with Crippen LogP contribution in [0.1, 0.15) is 71.1 Å². The van der Waals surface area contributed by atoms with Gasteiger partial charge in [-0.1, -0.05) is 58.3 Å². The molecule has 0 atom stereocenters. The van der Waals surface area contributed by atoms with Crippen molar-refractivity contribution in [2.75, 3.05) is 0 Å². The first-order chi connectivity index (χ1) is 6.77. The van der Waals surface area contributed by atoms with Crippen molar-refractivity contribution < 1.29 is 26.4 Å². The van der Waals surface area contributed by atoms with Crippen LogP contribution < -0.4 is 5.11 Å². The minimum absolute atomic E-state index is 0. The van der Waals surface area contributed by atoms with Gasteiger partial charge in [0.1, 0.15) is 0 Å². The molecule has 0 fully saturated rings. The molecule has 0 saturated heterocycles. The molecule has 15 heavy (non-hydrogen) atoms. The zero-order valence-corrected chi connectivity index (χ0v) is 10.7. The predicted molar refractivity (Wildman–Crippen MR) is 56.9 cm³/mol. The molecule has 0 bridgehead atoms. The van der Waals surface area contributed by atoms with Gasteiger partial charge in [-0.15, -0.1) is 0 Å². The molecule has 3 heteroatoms. The van der Waals surface area contributed by atoms with Gasteiger partial charge in [0.25, 0.3) is 0 Å². The molecular formula is C12H23NiO2+. The summed E-state index contributed by atoms with van der Waals surface area (Å²) in [6.45, 7) is 2.22. The first kappa shape index (κ1) is 17.4. The zero-order chi connectivity index (χ0) is 10.6. The number of aliphatic carboxylic acids is 1. The topological polar surface area (TPSA) is 40.1 Å². The molecule has 0 aliphatic carbocycles. The van der Waals surface area contributed by atoms with Crippen molar-refractivity contribution in [3.63, 3.8) is 0 Å². The Kier molecular flexibility index (Phi) is 16.2. The van der Waals surface area contributed by atoms with Crippen molar-refractivity contribution in [2.24, 2.45) is 0 Å². The van der Waals surface area contributed by atoms with Crippen LogP contribution in [0.5, 0.6) is 0 Å². The van der Waals surface area contributed by atoms with E-state index in [2.05, 4.69) is 6.92 Å². The van der Waals surface area contributed by atoms with E-state index in [1.165, 1.54) is 44.9 Å². The van der Waals surface area contributed by atoms with Crippen LogP contribution in [0.25, 0.3) is 0 Å². The first-order valence-corrected chi connectivity index (χ1v) is 5.97. The molecule has 0 aliphatic heterocycles. The van der Waals surface area contributed by atoms with Gasteiger partial charge >= 0.3 is 16.5 Å². The largest absolute Gasteiger partial charge is 2.00 e. The molecule has 0 heterocycles. The summed E-state index contributed by atoms with van der Waals surface area (Å²) in [4.78, 5) is 10.1. The van der Waals surface area contributed by atoms with Crippen molar-refractivity contribution in [1.82, 2.24) is 0 Å². The maximum absolute atomic E-state index is 10.1. The molecule has 92 valence electrons. The Morgan fingerprint density at radius 1 is 0.867 bits per heavy atom. The van der Waals surface area contributed by atoms with Crippen molar-refractivity contribution in [3.8, 4) is 0 Å². The van der Waals surface area contributed by atoms with Crippen LogP contribution in [-0.2, 0) is 21.3 Å². The van der Waals surface area contributed by atoms with E-state index in [-0.39, 0.29) is 22.9 Å². The number of hydrogen-bond acceptors (Lipinski definition) is 2. The smallest absolute Gasteiger partial charge is 0.550 e. The van der Waals surface area contributed by atoms with Crippen LogP contribution >= 0.6 is 0 Å². The van der Waals surface area contributed by atoms with Crippen LogP contribution in [0, 0.1) is 0 Å². The van der Waals surface area contributed by atoms with Gasteiger partial charge in [0.05, 0.1) is 0 Å². The van der Waals surface area contributed by atoms with Gasteiger partial charge in [-0.3, -0.25) is 0 Å². The fourth-order valence-electron chi connectivity index (χ4n) is 1.58. The molecule has 0 spiro atoms. The third kappa shape index (κ3) is 16.6. The Labute approximate surface area is 104 Å². The number of carboxylic acid groups (broad SMARTS) is 1. The van der Waals surface area contributed by atoms with E-state index in [1.807, 2.05) is 0 Å². The second-order valence-corrected chi connectivity index (χ2v) is 3.95. The quantitative estimate of drug-likeness (QED) is 0.446. The van der Waals surface area contributed by atoms with Gasteiger partial charge in [0, 0.05) is 5.97 Å². The molecule has 2 nitrogen and oxygen atoms in total. The third-order valence-corrected chi connectivity index (χ3v) is 2.48. The monoisotopic (exact) mass is 257 g/mol. The molecular weight excluding hydrogens is 235 g/mol. The first-order valence-electron chi connectivity index (χ1n) is 5.97. The average molecular weight is 258 g/mol. The van der Waals surface area contributed by atoms with Gasteiger partial charge < -0.3 is 9.90 Å². The number of hydrogen-bond donors (Lipinski definition) is 0. The summed E-state index contributed by atoms with van der Waals surface area (Å²) in [7, 11) is 0. The molecule has 0 aromatic heterocycles.